The largest absolute Gasteiger partial charge is 0.492 e. The molecule has 0 radical (unpaired) electrons. The molecule has 1 aromatic carbocycles. The predicted octanol–water partition coefficient (Wildman–Crippen LogP) is 5.86. The van der Waals surface area contributed by atoms with Crippen LogP contribution in [0.15, 0.2) is 58.2 Å². The van der Waals surface area contributed by atoms with Gasteiger partial charge < -0.3 is 15.2 Å². The van der Waals surface area contributed by atoms with Crippen molar-refractivity contribution in [3.8, 4) is 0 Å². The topological polar surface area (TPSA) is 75.6 Å². The van der Waals surface area contributed by atoms with E-state index >= 15 is 0 Å². The molecule has 0 spiro atoms. The Morgan fingerprint density at radius 2 is 1.88 bits per heavy atom. The first-order valence-corrected chi connectivity index (χ1v) is 11.9. The molecule has 0 bridgehead atoms. The number of allylic oxidation sites excluding steroid dienone is 1. The lowest BCUT2D eigenvalue weighted by molar-refractivity contribution is -0.144. The van der Waals surface area contributed by atoms with Gasteiger partial charge in [0, 0.05) is 5.25 Å². The Morgan fingerprint density at radius 1 is 1.24 bits per heavy atom. The van der Waals surface area contributed by atoms with E-state index in [9.17, 15) is 27.9 Å². The van der Waals surface area contributed by atoms with Gasteiger partial charge in [0.1, 0.15) is 18.4 Å². The van der Waals surface area contributed by atoms with Gasteiger partial charge in [-0.3, -0.25) is 4.79 Å². The summed E-state index contributed by atoms with van der Waals surface area (Å²) in [6.07, 6.45) is 1.22. The average Bonchev–Trinajstić information content (AvgIpc) is 3.15. The Hall–Kier alpha value is -2.39. The van der Waals surface area contributed by atoms with Crippen molar-refractivity contribution < 1.29 is 32.6 Å². The van der Waals surface area contributed by atoms with Gasteiger partial charge in [0.05, 0.1) is 21.4 Å². The maximum atomic E-state index is 13.2. The highest BCUT2D eigenvalue weighted by atomic mass is 35.5. The van der Waals surface area contributed by atoms with Gasteiger partial charge in [0.25, 0.3) is 5.91 Å². The second-order valence-electron chi connectivity index (χ2n) is 8.79. The number of hydrogen-bond acceptors (Lipinski definition) is 4. The standard InChI is InChI=1S/C24H25ClF3NO4S/c1-4-23(2,3)20(22(31)32)29-21(30)15-9-10-17-16(11-18(25)34-17)19(15)33-12-13-5-7-14(8-6-13)24(26,27)28/h5-11,16-17,20H,4,12H2,1-3H3,(H,29,30)(H,31,32)/t16?,17?,20-/m1/s1. The van der Waals surface area contributed by atoms with Crippen molar-refractivity contribution in [2.45, 2.75) is 51.3 Å². The van der Waals surface area contributed by atoms with Crippen molar-refractivity contribution in [2.75, 3.05) is 0 Å². The molecular weight excluding hydrogens is 491 g/mol. The molecule has 34 heavy (non-hydrogen) atoms. The zero-order valence-corrected chi connectivity index (χ0v) is 20.4. The van der Waals surface area contributed by atoms with Crippen LogP contribution in [0, 0.1) is 11.3 Å². The number of rotatable bonds is 8. The Morgan fingerprint density at radius 3 is 2.44 bits per heavy atom. The summed E-state index contributed by atoms with van der Waals surface area (Å²) in [5.74, 6) is -1.82. The smallest absolute Gasteiger partial charge is 0.416 e. The van der Waals surface area contributed by atoms with Crippen molar-refractivity contribution >= 4 is 35.2 Å². The van der Waals surface area contributed by atoms with Crippen LogP contribution >= 0.6 is 23.4 Å². The number of nitrogens with one attached hydrogen (secondary N) is 1. The minimum absolute atomic E-state index is 0.0692. The van der Waals surface area contributed by atoms with Gasteiger partial charge in [-0.1, -0.05) is 50.6 Å². The molecule has 0 saturated carbocycles. The van der Waals surface area contributed by atoms with E-state index in [1.807, 2.05) is 13.0 Å². The van der Waals surface area contributed by atoms with E-state index in [-0.39, 0.29) is 23.3 Å². The number of benzene rings is 1. The summed E-state index contributed by atoms with van der Waals surface area (Å²) in [6, 6.07) is 3.44. The number of carboxylic acids is 1. The van der Waals surface area contributed by atoms with E-state index in [0.29, 0.717) is 22.1 Å². The summed E-state index contributed by atoms with van der Waals surface area (Å²) in [5.41, 5.74) is -0.815. The molecule has 1 aliphatic heterocycles. The number of fused-ring (bicyclic) bond motifs is 1. The first-order valence-electron chi connectivity index (χ1n) is 10.6. The molecule has 0 aromatic heterocycles. The van der Waals surface area contributed by atoms with E-state index in [1.165, 1.54) is 23.9 Å². The van der Waals surface area contributed by atoms with E-state index in [0.717, 1.165) is 12.1 Å². The molecule has 184 valence electrons. The number of carbonyl (C=O) groups is 2. The lowest BCUT2D eigenvalue weighted by Crippen LogP contribution is -2.50. The summed E-state index contributed by atoms with van der Waals surface area (Å²) < 4.78 is 45.0. The third kappa shape index (κ3) is 5.81. The number of aliphatic carboxylic acids is 1. The summed E-state index contributed by atoms with van der Waals surface area (Å²) >= 11 is 7.58. The molecule has 1 aromatic rings. The van der Waals surface area contributed by atoms with Gasteiger partial charge in [-0.2, -0.15) is 13.2 Å². The van der Waals surface area contributed by atoms with Crippen LogP contribution in [-0.2, 0) is 27.1 Å². The molecule has 2 aliphatic rings. The fourth-order valence-corrected chi connectivity index (χ4v) is 5.07. The highest BCUT2D eigenvalue weighted by Crippen LogP contribution is 2.46. The van der Waals surface area contributed by atoms with Crippen molar-refractivity contribution in [3.63, 3.8) is 0 Å². The van der Waals surface area contributed by atoms with Crippen LogP contribution in [-0.4, -0.2) is 28.3 Å². The van der Waals surface area contributed by atoms with Crippen LogP contribution in [0.25, 0.3) is 0 Å². The predicted molar refractivity (Wildman–Crippen MR) is 125 cm³/mol. The highest BCUT2D eigenvalue weighted by molar-refractivity contribution is 8.05. The highest BCUT2D eigenvalue weighted by Gasteiger charge is 2.39. The van der Waals surface area contributed by atoms with Crippen molar-refractivity contribution in [1.29, 1.82) is 0 Å². The number of ether oxygens (including phenoxy) is 1. The third-order valence-electron chi connectivity index (χ3n) is 6.07. The van der Waals surface area contributed by atoms with Crippen molar-refractivity contribution in [3.05, 3.63) is 69.3 Å². The van der Waals surface area contributed by atoms with Gasteiger partial charge in [0.15, 0.2) is 0 Å². The average molecular weight is 516 g/mol. The molecule has 0 fully saturated rings. The molecule has 3 rings (SSSR count). The number of alkyl halides is 3. The van der Waals surface area contributed by atoms with Crippen molar-refractivity contribution in [2.24, 2.45) is 11.3 Å². The van der Waals surface area contributed by atoms with E-state index in [1.54, 1.807) is 26.0 Å². The minimum Gasteiger partial charge on any atom is -0.492 e. The van der Waals surface area contributed by atoms with Gasteiger partial charge in [-0.25, -0.2) is 4.79 Å². The summed E-state index contributed by atoms with van der Waals surface area (Å²) in [7, 11) is 0. The molecule has 1 amide bonds. The zero-order valence-electron chi connectivity index (χ0n) is 18.8. The molecular formula is C24H25ClF3NO4S. The van der Waals surface area contributed by atoms with E-state index < -0.39 is 35.1 Å². The number of thioether (sulfide) groups is 1. The van der Waals surface area contributed by atoms with Crippen LogP contribution in [0.4, 0.5) is 13.2 Å². The summed E-state index contributed by atoms with van der Waals surface area (Å²) in [4.78, 5) is 25.0. The van der Waals surface area contributed by atoms with E-state index in [4.69, 9.17) is 16.3 Å². The monoisotopic (exact) mass is 515 g/mol. The Kier molecular flexibility index (Phi) is 7.77. The molecule has 1 heterocycles. The second-order valence-corrected chi connectivity index (χ2v) is 10.6. The molecule has 1 aliphatic carbocycles. The number of amides is 1. The normalized spacial score (nSPS) is 21.1. The fourth-order valence-electron chi connectivity index (χ4n) is 3.63. The number of halogens is 4. The first-order chi connectivity index (χ1) is 15.8. The lowest BCUT2D eigenvalue weighted by Gasteiger charge is -2.32. The van der Waals surface area contributed by atoms with Crippen LogP contribution in [0.2, 0.25) is 0 Å². The number of carboxylic acid groups (broad SMARTS) is 1. The van der Waals surface area contributed by atoms with Crippen LogP contribution in [0.5, 0.6) is 0 Å². The SMILES string of the molecule is CCC(C)(C)[C@H](NC(=O)C1=C(OCc2ccc(C(F)(F)F)cc2)C2C=C(Cl)SC2C=C1)C(=O)O. The summed E-state index contributed by atoms with van der Waals surface area (Å²) in [5, 5.41) is 12.2. The molecule has 10 heteroatoms. The molecule has 2 N–H and O–H groups in total. The van der Waals surface area contributed by atoms with Gasteiger partial charge >= 0.3 is 12.1 Å². The molecule has 5 nitrogen and oxygen atoms in total. The zero-order chi connectivity index (χ0) is 25.3. The third-order valence-corrected chi connectivity index (χ3v) is 7.55. The maximum Gasteiger partial charge on any atom is 0.416 e. The Bertz CT molecular complexity index is 1050. The van der Waals surface area contributed by atoms with E-state index in [2.05, 4.69) is 5.32 Å². The van der Waals surface area contributed by atoms with Gasteiger partial charge in [-0.15, -0.1) is 11.8 Å². The molecule has 0 saturated heterocycles. The Labute approximate surface area is 205 Å². The van der Waals surface area contributed by atoms with Crippen LogP contribution < -0.4 is 5.32 Å². The van der Waals surface area contributed by atoms with Crippen LogP contribution in [0.1, 0.15) is 38.3 Å². The number of hydrogen-bond donors (Lipinski definition) is 2. The molecule has 2 unspecified atom stereocenters. The Balaban J connectivity index is 1.88. The van der Waals surface area contributed by atoms with Crippen molar-refractivity contribution in [1.82, 2.24) is 5.32 Å². The minimum atomic E-state index is -4.44. The fraction of sp³-hybridized carbons (Fsp3) is 0.417. The van der Waals surface area contributed by atoms with Gasteiger partial charge in [-0.05, 0) is 41.7 Å². The second kappa shape index (κ2) is 10.1. The lowest BCUT2D eigenvalue weighted by atomic mass is 9.81. The number of carbonyl (C=O) groups excluding carboxylic acids is 1. The first kappa shape index (κ1) is 26.2. The van der Waals surface area contributed by atoms with Crippen LogP contribution in [0.3, 0.4) is 0 Å². The van der Waals surface area contributed by atoms with Gasteiger partial charge in [0.2, 0.25) is 0 Å². The summed E-state index contributed by atoms with van der Waals surface area (Å²) in [6.45, 7) is 5.28. The maximum absolute atomic E-state index is 13.2. The molecule has 3 atom stereocenters. The quantitative estimate of drug-likeness (QED) is 0.453.